The second kappa shape index (κ2) is 6.10. The van der Waals surface area contributed by atoms with E-state index in [1.54, 1.807) is 7.11 Å². The summed E-state index contributed by atoms with van der Waals surface area (Å²) in [6.07, 6.45) is 5.83. The first-order valence-corrected chi connectivity index (χ1v) is 6.93. The summed E-state index contributed by atoms with van der Waals surface area (Å²) < 4.78 is 5.42. The molecule has 3 N–H and O–H groups in total. The molecule has 3 nitrogen and oxygen atoms in total. The summed E-state index contributed by atoms with van der Waals surface area (Å²) in [4.78, 5) is 0. The van der Waals surface area contributed by atoms with E-state index in [0.717, 1.165) is 30.7 Å². The summed E-state index contributed by atoms with van der Waals surface area (Å²) in [5, 5.41) is 3.57. The Labute approximate surface area is 110 Å². The fourth-order valence-electron chi connectivity index (χ4n) is 2.63. The normalized spacial score (nSPS) is 23.7. The van der Waals surface area contributed by atoms with E-state index in [-0.39, 0.29) is 6.04 Å². The maximum Gasteiger partial charge on any atom is 0.141 e. The predicted molar refractivity (Wildman–Crippen MR) is 76.2 cm³/mol. The molecule has 0 radical (unpaired) electrons. The van der Waals surface area contributed by atoms with Gasteiger partial charge in [-0.05, 0) is 37.0 Å². The molecule has 3 heteroatoms. The predicted octanol–water partition coefficient (Wildman–Crippen LogP) is 2.94. The molecule has 0 aliphatic heterocycles. The van der Waals surface area contributed by atoms with E-state index in [9.17, 15) is 0 Å². The molecule has 1 aromatic carbocycles. The third kappa shape index (κ3) is 2.96. The molecular weight excluding hydrogens is 224 g/mol. The van der Waals surface area contributed by atoms with Crippen molar-refractivity contribution in [3.05, 3.63) is 23.8 Å². The SMILES string of the molecule is CCc1ccc(OC)c(NC2CCCCC2N)c1. The monoisotopic (exact) mass is 248 g/mol. The number of anilines is 1. The Morgan fingerprint density at radius 3 is 2.78 bits per heavy atom. The van der Waals surface area contributed by atoms with Gasteiger partial charge in [-0.15, -0.1) is 0 Å². The molecule has 2 rings (SSSR count). The standard InChI is InChI=1S/C15H24N2O/c1-3-11-8-9-15(18-2)14(10-11)17-13-7-5-4-6-12(13)16/h8-10,12-13,17H,3-7,16H2,1-2H3. The van der Waals surface area contributed by atoms with Crippen LogP contribution in [0.3, 0.4) is 0 Å². The Morgan fingerprint density at radius 2 is 2.11 bits per heavy atom. The minimum atomic E-state index is 0.258. The number of methoxy groups -OCH3 is 1. The minimum Gasteiger partial charge on any atom is -0.495 e. The number of hydrogen-bond donors (Lipinski definition) is 2. The highest BCUT2D eigenvalue weighted by Gasteiger charge is 2.22. The Bertz CT molecular complexity index is 392. The van der Waals surface area contributed by atoms with Crippen LogP contribution in [0.1, 0.15) is 38.2 Å². The third-order valence-corrected chi connectivity index (χ3v) is 3.83. The van der Waals surface area contributed by atoms with E-state index in [1.807, 2.05) is 6.07 Å². The molecule has 2 unspecified atom stereocenters. The zero-order valence-corrected chi connectivity index (χ0v) is 11.4. The maximum absolute atomic E-state index is 6.19. The van der Waals surface area contributed by atoms with Crippen LogP contribution >= 0.6 is 0 Å². The van der Waals surface area contributed by atoms with E-state index >= 15 is 0 Å². The van der Waals surface area contributed by atoms with Crippen molar-refractivity contribution in [2.24, 2.45) is 5.73 Å². The zero-order chi connectivity index (χ0) is 13.0. The van der Waals surface area contributed by atoms with Crippen molar-refractivity contribution in [1.82, 2.24) is 0 Å². The van der Waals surface area contributed by atoms with Crippen molar-refractivity contribution < 1.29 is 4.74 Å². The number of ether oxygens (including phenoxy) is 1. The number of rotatable bonds is 4. The maximum atomic E-state index is 6.19. The van der Waals surface area contributed by atoms with Crippen LogP contribution in [0, 0.1) is 0 Å². The van der Waals surface area contributed by atoms with Crippen LogP contribution in [0.15, 0.2) is 18.2 Å². The first kappa shape index (κ1) is 13.2. The Balaban J connectivity index is 2.15. The molecule has 1 aromatic rings. The fraction of sp³-hybridized carbons (Fsp3) is 0.600. The van der Waals surface area contributed by atoms with E-state index in [4.69, 9.17) is 10.5 Å². The van der Waals surface area contributed by atoms with Crippen molar-refractivity contribution in [3.63, 3.8) is 0 Å². The average molecular weight is 248 g/mol. The number of hydrogen-bond acceptors (Lipinski definition) is 3. The summed E-state index contributed by atoms with van der Waals surface area (Å²) in [5.41, 5.74) is 8.59. The summed E-state index contributed by atoms with van der Waals surface area (Å²) in [7, 11) is 1.72. The molecule has 0 aromatic heterocycles. The van der Waals surface area contributed by atoms with Crippen molar-refractivity contribution in [2.75, 3.05) is 12.4 Å². The summed E-state index contributed by atoms with van der Waals surface area (Å²) in [6.45, 7) is 2.16. The van der Waals surface area contributed by atoms with Gasteiger partial charge < -0.3 is 15.8 Å². The lowest BCUT2D eigenvalue weighted by Crippen LogP contribution is -2.42. The minimum absolute atomic E-state index is 0.258. The molecule has 0 amide bonds. The highest BCUT2D eigenvalue weighted by molar-refractivity contribution is 5.59. The van der Waals surface area contributed by atoms with Gasteiger partial charge in [0.2, 0.25) is 0 Å². The number of benzene rings is 1. The zero-order valence-electron chi connectivity index (χ0n) is 11.4. The first-order chi connectivity index (χ1) is 8.74. The van der Waals surface area contributed by atoms with Gasteiger partial charge in [0.05, 0.1) is 12.8 Å². The molecule has 18 heavy (non-hydrogen) atoms. The lowest BCUT2D eigenvalue weighted by atomic mass is 9.91. The first-order valence-electron chi connectivity index (χ1n) is 6.93. The molecule has 1 aliphatic carbocycles. The van der Waals surface area contributed by atoms with Crippen molar-refractivity contribution in [3.8, 4) is 5.75 Å². The molecule has 2 atom stereocenters. The molecule has 1 saturated carbocycles. The Morgan fingerprint density at radius 1 is 1.33 bits per heavy atom. The van der Waals surface area contributed by atoms with Crippen LogP contribution in [0.5, 0.6) is 5.75 Å². The highest BCUT2D eigenvalue weighted by Crippen LogP contribution is 2.29. The smallest absolute Gasteiger partial charge is 0.141 e. The van der Waals surface area contributed by atoms with Crippen LogP contribution in [-0.4, -0.2) is 19.2 Å². The van der Waals surface area contributed by atoms with Gasteiger partial charge in [-0.2, -0.15) is 0 Å². The third-order valence-electron chi connectivity index (χ3n) is 3.83. The lowest BCUT2D eigenvalue weighted by Gasteiger charge is -2.30. The second-order valence-corrected chi connectivity index (χ2v) is 5.09. The van der Waals surface area contributed by atoms with Crippen molar-refractivity contribution in [2.45, 2.75) is 51.1 Å². The van der Waals surface area contributed by atoms with Gasteiger partial charge in [0.1, 0.15) is 5.75 Å². The molecule has 1 aliphatic rings. The topological polar surface area (TPSA) is 47.3 Å². The van der Waals surface area contributed by atoms with Gasteiger partial charge in [0, 0.05) is 12.1 Å². The molecule has 0 saturated heterocycles. The van der Waals surface area contributed by atoms with Crippen molar-refractivity contribution >= 4 is 5.69 Å². The van der Waals surface area contributed by atoms with Gasteiger partial charge in [-0.1, -0.05) is 25.8 Å². The van der Waals surface area contributed by atoms with Crippen LogP contribution in [0.4, 0.5) is 5.69 Å². The lowest BCUT2D eigenvalue weighted by molar-refractivity contribution is 0.396. The van der Waals surface area contributed by atoms with Crippen LogP contribution in [0.25, 0.3) is 0 Å². The van der Waals surface area contributed by atoms with E-state index in [0.29, 0.717) is 6.04 Å². The quantitative estimate of drug-likeness (QED) is 0.861. The van der Waals surface area contributed by atoms with Crippen LogP contribution in [-0.2, 0) is 6.42 Å². The molecular formula is C15H24N2O. The number of nitrogens with two attached hydrogens (primary N) is 1. The summed E-state index contributed by atoms with van der Waals surface area (Å²) in [5.74, 6) is 0.907. The van der Waals surface area contributed by atoms with Gasteiger partial charge in [0.15, 0.2) is 0 Å². The van der Waals surface area contributed by atoms with Gasteiger partial charge in [-0.3, -0.25) is 0 Å². The summed E-state index contributed by atoms with van der Waals surface area (Å²) in [6, 6.07) is 6.97. The van der Waals surface area contributed by atoms with Gasteiger partial charge in [-0.25, -0.2) is 0 Å². The fourth-order valence-corrected chi connectivity index (χ4v) is 2.63. The Kier molecular flexibility index (Phi) is 4.48. The molecule has 100 valence electrons. The second-order valence-electron chi connectivity index (χ2n) is 5.09. The largest absolute Gasteiger partial charge is 0.495 e. The van der Waals surface area contributed by atoms with E-state index in [1.165, 1.54) is 18.4 Å². The molecule has 0 spiro atoms. The molecule has 1 fully saturated rings. The average Bonchev–Trinajstić information content (AvgIpc) is 2.41. The number of nitrogens with one attached hydrogen (secondary N) is 1. The van der Waals surface area contributed by atoms with Crippen LogP contribution < -0.4 is 15.8 Å². The molecule has 0 bridgehead atoms. The van der Waals surface area contributed by atoms with Crippen molar-refractivity contribution in [1.29, 1.82) is 0 Å². The molecule has 0 heterocycles. The van der Waals surface area contributed by atoms with E-state index in [2.05, 4.69) is 24.4 Å². The van der Waals surface area contributed by atoms with Crippen LogP contribution in [0.2, 0.25) is 0 Å². The highest BCUT2D eigenvalue weighted by atomic mass is 16.5. The Hall–Kier alpha value is -1.22. The number of aryl methyl sites for hydroxylation is 1. The van der Waals surface area contributed by atoms with Gasteiger partial charge >= 0.3 is 0 Å². The van der Waals surface area contributed by atoms with Gasteiger partial charge in [0.25, 0.3) is 0 Å². The summed E-state index contributed by atoms with van der Waals surface area (Å²) >= 11 is 0. The van der Waals surface area contributed by atoms with E-state index < -0.39 is 0 Å².